The number of rotatable bonds is 1. The molecule has 2 heteroatoms. The summed E-state index contributed by atoms with van der Waals surface area (Å²) in [5.41, 5.74) is 5.31. The quantitative estimate of drug-likeness (QED) is 0.456. The summed E-state index contributed by atoms with van der Waals surface area (Å²) in [5.74, 6) is 0.181. The van der Waals surface area contributed by atoms with E-state index in [1.807, 2.05) is 18.2 Å². The van der Waals surface area contributed by atoms with Gasteiger partial charge in [0.1, 0.15) is 0 Å². The number of benzene rings is 3. The maximum Gasteiger partial charge on any atom is 0.194 e. The van der Waals surface area contributed by atoms with Crippen molar-refractivity contribution in [1.82, 2.24) is 0 Å². The SMILES string of the molecule is Cc1cccc2c([Si](C)(C)C)c3c(cc12)C(=O)c1ccccc1-3. The van der Waals surface area contributed by atoms with Crippen LogP contribution >= 0.6 is 0 Å². The predicted molar refractivity (Wildman–Crippen MR) is 101 cm³/mol. The Balaban J connectivity index is 2.26. The Morgan fingerprint density at radius 2 is 1.48 bits per heavy atom. The summed E-state index contributed by atoms with van der Waals surface area (Å²) in [6.45, 7) is 9.25. The molecule has 1 aliphatic rings. The number of carbonyl (C=O) groups excluding carboxylic acids is 1. The lowest BCUT2D eigenvalue weighted by molar-refractivity contribution is 0.104. The number of carbonyl (C=O) groups is 1. The normalized spacial score (nSPS) is 13.3. The molecular formula is C21H20OSi. The van der Waals surface area contributed by atoms with Gasteiger partial charge in [0.05, 0.1) is 8.07 Å². The Hall–Kier alpha value is -2.19. The number of hydrogen-bond acceptors (Lipinski definition) is 1. The maximum absolute atomic E-state index is 12.9. The minimum Gasteiger partial charge on any atom is -0.289 e. The molecule has 0 saturated heterocycles. The number of ketones is 1. The molecule has 0 amide bonds. The van der Waals surface area contributed by atoms with Crippen molar-refractivity contribution in [2.75, 3.05) is 0 Å². The molecule has 3 aromatic carbocycles. The van der Waals surface area contributed by atoms with Gasteiger partial charge in [0.2, 0.25) is 0 Å². The van der Waals surface area contributed by atoms with E-state index < -0.39 is 8.07 Å². The number of aryl methyl sites for hydroxylation is 1. The zero-order chi connectivity index (χ0) is 16.4. The van der Waals surface area contributed by atoms with Gasteiger partial charge in [-0.05, 0) is 45.6 Å². The Bertz CT molecular complexity index is 977. The third-order valence-corrected chi connectivity index (χ3v) is 6.86. The summed E-state index contributed by atoms with van der Waals surface area (Å²) in [5, 5.41) is 3.98. The van der Waals surface area contributed by atoms with Gasteiger partial charge in [-0.15, -0.1) is 0 Å². The molecule has 0 aliphatic heterocycles. The smallest absolute Gasteiger partial charge is 0.194 e. The van der Waals surface area contributed by atoms with Crippen LogP contribution in [0.1, 0.15) is 21.5 Å². The average Bonchev–Trinajstić information content (AvgIpc) is 2.78. The van der Waals surface area contributed by atoms with Crippen LogP contribution in [0.25, 0.3) is 21.9 Å². The first kappa shape index (κ1) is 14.4. The highest BCUT2D eigenvalue weighted by atomic mass is 28.3. The van der Waals surface area contributed by atoms with Gasteiger partial charge >= 0.3 is 0 Å². The van der Waals surface area contributed by atoms with Crippen molar-refractivity contribution in [2.24, 2.45) is 0 Å². The van der Waals surface area contributed by atoms with Crippen LogP contribution in [0.15, 0.2) is 48.5 Å². The summed E-state index contributed by atoms with van der Waals surface area (Å²) < 4.78 is 0. The standard InChI is InChI=1S/C21H20OSi/c1-13-8-7-11-16-17(13)12-18-19(21(16)23(2,3)4)14-9-5-6-10-15(14)20(18)22/h5-12H,1-4H3. The van der Waals surface area contributed by atoms with Gasteiger partial charge < -0.3 is 0 Å². The second-order valence-corrected chi connectivity index (χ2v) is 12.5. The molecule has 4 rings (SSSR count). The Morgan fingerprint density at radius 3 is 2.17 bits per heavy atom. The van der Waals surface area contributed by atoms with E-state index in [1.54, 1.807) is 0 Å². The highest BCUT2D eigenvalue weighted by Crippen LogP contribution is 2.39. The highest BCUT2D eigenvalue weighted by molar-refractivity contribution is 6.91. The first-order valence-corrected chi connectivity index (χ1v) is 11.6. The van der Waals surface area contributed by atoms with Crippen LogP contribution in [0, 0.1) is 6.92 Å². The highest BCUT2D eigenvalue weighted by Gasteiger charge is 2.34. The van der Waals surface area contributed by atoms with Gasteiger partial charge in [-0.3, -0.25) is 4.79 Å². The van der Waals surface area contributed by atoms with E-state index in [1.165, 1.54) is 27.1 Å². The summed E-state index contributed by atoms with van der Waals surface area (Å²) in [6.07, 6.45) is 0. The number of hydrogen-bond donors (Lipinski definition) is 0. The van der Waals surface area contributed by atoms with Gasteiger partial charge in [-0.1, -0.05) is 62.1 Å². The van der Waals surface area contributed by atoms with E-state index in [9.17, 15) is 4.79 Å². The largest absolute Gasteiger partial charge is 0.289 e. The lowest BCUT2D eigenvalue weighted by atomic mass is 9.97. The second kappa shape index (κ2) is 4.65. The van der Waals surface area contributed by atoms with E-state index in [0.717, 1.165) is 16.7 Å². The molecular weight excluding hydrogens is 296 g/mol. The minimum absolute atomic E-state index is 0.181. The fourth-order valence-electron chi connectivity index (χ4n) is 3.86. The van der Waals surface area contributed by atoms with E-state index >= 15 is 0 Å². The zero-order valence-electron chi connectivity index (χ0n) is 14.0. The summed E-state index contributed by atoms with van der Waals surface area (Å²) in [4.78, 5) is 12.9. The third-order valence-electron chi connectivity index (χ3n) is 4.84. The third kappa shape index (κ3) is 1.95. The first-order chi connectivity index (χ1) is 10.9. The van der Waals surface area contributed by atoms with Crippen LogP contribution in [0.5, 0.6) is 0 Å². The minimum atomic E-state index is -1.63. The van der Waals surface area contributed by atoms with Crippen molar-refractivity contribution in [3.63, 3.8) is 0 Å². The van der Waals surface area contributed by atoms with Crippen LogP contribution in [-0.4, -0.2) is 13.9 Å². The Morgan fingerprint density at radius 1 is 0.783 bits per heavy atom. The fraction of sp³-hybridized carbons (Fsp3) is 0.190. The number of fused-ring (bicyclic) bond motifs is 4. The maximum atomic E-state index is 12.9. The van der Waals surface area contributed by atoms with Crippen molar-refractivity contribution in [2.45, 2.75) is 26.6 Å². The van der Waals surface area contributed by atoms with E-state index in [-0.39, 0.29) is 5.78 Å². The van der Waals surface area contributed by atoms with E-state index in [0.29, 0.717) is 0 Å². The summed E-state index contributed by atoms with van der Waals surface area (Å²) in [6, 6.07) is 16.7. The van der Waals surface area contributed by atoms with Gasteiger partial charge in [0.25, 0.3) is 0 Å². The molecule has 1 nitrogen and oxygen atoms in total. The van der Waals surface area contributed by atoms with E-state index in [2.05, 4.69) is 56.9 Å². The van der Waals surface area contributed by atoms with Crippen molar-refractivity contribution in [3.05, 3.63) is 65.2 Å². The van der Waals surface area contributed by atoms with E-state index in [4.69, 9.17) is 0 Å². The van der Waals surface area contributed by atoms with Crippen LogP contribution < -0.4 is 5.19 Å². The molecule has 0 spiro atoms. The van der Waals surface area contributed by atoms with Gasteiger partial charge in [-0.25, -0.2) is 0 Å². The lowest BCUT2D eigenvalue weighted by Crippen LogP contribution is -2.40. The van der Waals surface area contributed by atoms with Crippen molar-refractivity contribution in [1.29, 1.82) is 0 Å². The molecule has 1 aliphatic carbocycles. The first-order valence-electron chi connectivity index (χ1n) is 8.10. The molecule has 0 unspecified atom stereocenters. The molecule has 0 bridgehead atoms. The predicted octanol–water partition coefficient (Wildman–Crippen LogP) is 4.90. The molecule has 114 valence electrons. The molecule has 0 fully saturated rings. The zero-order valence-corrected chi connectivity index (χ0v) is 15.0. The molecule has 0 atom stereocenters. The van der Waals surface area contributed by atoms with Gasteiger partial charge in [0, 0.05) is 11.1 Å². The monoisotopic (exact) mass is 316 g/mol. The molecule has 0 N–H and O–H groups in total. The molecule has 0 aromatic heterocycles. The fourth-order valence-corrected chi connectivity index (χ4v) is 5.90. The van der Waals surface area contributed by atoms with Crippen molar-refractivity contribution >= 4 is 29.8 Å². The Labute approximate surface area is 138 Å². The molecule has 0 radical (unpaired) electrons. The summed E-state index contributed by atoms with van der Waals surface area (Å²) in [7, 11) is -1.63. The topological polar surface area (TPSA) is 17.1 Å². The molecule has 0 heterocycles. The second-order valence-electron chi connectivity index (χ2n) is 7.47. The van der Waals surface area contributed by atoms with Crippen LogP contribution in [0.4, 0.5) is 0 Å². The molecule has 0 saturated carbocycles. The lowest BCUT2D eigenvalue weighted by Gasteiger charge is -2.24. The average molecular weight is 316 g/mol. The molecule has 23 heavy (non-hydrogen) atoms. The van der Waals surface area contributed by atoms with Gasteiger partial charge in [0.15, 0.2) is 5.78 Å². The van der Waals surface area contributed by atoms with Crippen molar-refractivity contribution in [3.8, 4) is 11.1 Å². The molecule has 3 aromatic rings. The van der Waals surface area contributed by atoms with Crippen LogP contribution in [0.2, 0.25) is 19.6 Å². The van der Waals surface area contributed by atoms with Gasteiger partial charge in [-0.2, -0.15) is 0 Å². The Kier molecular flexibility index (Phi) is 2.91. The summed E-state index contributed by atoms with van der Waals surface area (Å²) >= 11 is 0. The van der Waals surface area contributed by atoms with Crippen molar-refractivity contribution < 1.29 is 4.79 Å². The van der Waals surface area contributed by atoms with Crippen LogP contribution in [-0.2, 0) is 0 Å². The van der Waals surface area contributed by atoms with Crippen LogP contribution in [0.3, 0.4) is 0 Å².